The van der Waals surface area contributed by atoms with Crippen LogP contribution < -0.4 is 0 Å². The summed E-state index contributed by atoms with van der Waals surface area (Å²) in [6, 6.07) is 10.8. The summed E-state index contributed by atoms with van der Waals surface area (Å²) in [6.07, 6.45) is 4.13. The predicted octanol–water partition coefficient (Wildman–Crippen LogP) is 5.74. The first-order valence-electron chi connectivity index (χ1n) is 10.7. The minimum Gasteiger partial charge on any atom is -0.314 e. The van der Waals surface area contributed by atoms with Gasteiger partial charge in [-0.05, 0) is 62.5 Å². The molecule has 0 radical (unpaired) electrons. The van der Waals surface area contributed by atoms with Gasteiger partial charge in [0.25, 0.3) is 0 Å². The number of fused-ring (bicyclic) bond motifs is 1. The van der Waals surface area contributed by atoms with Crippen LogP contribution in [0.2, 0.25) is 0 Å². The summed E-state index contributed by atoms with van der Waals surface area (Å²) in [5.74, 6) is 2.41. The van der Waals surface area contributed by atoms with E-state index in [1.54, 1.807) is 0 Å². The third-order valence-corrected chi connectivity index (χ3v) is 9.14. The van der Waals surface area contributed by atoms with Crippen LogP contribution in [0.15, 0.2) is 39.0 Å². The van der Waals surface area contributed by atoms with Crippen LogP contribution in [0.25, 0.3) is 0 Å². The Labute approximate surface area is 196 Å². The Morgan fingerprint density at radius 3 is 2.60 bits per heavy atom. The summed E-state index contributed by atoms with van der Waals surface area (Å²) in [4.78, 5) is 5.84. The lowest BCUT2D eigenvalue weighted by Crippen LogP contribution is -2.45. The van der Waals surface area contributed by atoms with Gasteiger partial charge in [0.1, 0.15) is 11.7 Å². The van der Waals surface area contributed by atoms with Gasteiger partial charge in [-0.15, -0.1) is 23.1 Å². The number of nitrogens with zero attached hydrogens (tertiary/aromatic N) is 2. The zero-order valence-electron chi connectivity index (χ0n) is 17.4. The van der Waals surface area contributed by atoms with Gasteiger partial charge in [-0.25, -0.2) is 0 Å². The van der Waals surface area contributed by atoms with Crippen LogP contribution in [0.3, 0.4) is 0 Å². The highest BCUT2D eigenvalue weighted by atomic mass is 79.9. The number of halogens is 1. The first-order valence-corrected chi connectivity index (χ1v) is 13.3. The predicted molar refractivity (Wildman–Crippen MR) is 133 cm³/mol. The second-order valence-electron chi connectivity index (χ2n) is 7.99. The zero-order valence-corrected chi connectivity index (χ0v) is 20.6. The number of thioether (sulfide) groups is 1. The first kappa shape index (κ1) is 22.1. The minimum absolute atomic E-state index is 0.269. The molecular weight excluding hydrogens is 476 g/mol. The van der Waals surface area contributed by atoms with Gasteiger partial charge in [0.15, 0.2) is 0 Å². The number of piperidine rings is 1. The topological polar surface area (TPSA) is 54.2 Å². The average molecular weight is 506 g/mol. The van der Waals surface area contributed by atoms with Gasteiger partial charge < -0.3 is 9.80 Å². The highest BCUT2D eigenvalue weighted by Gasteiger charge is 2.30. The van der Waals surface area contributed by atoms with E-state index in [1.807, 2.05) is 28.0 Å². The van der Waals surface area contributed by atoms with Crippen LogP contribution in [-0.2, 0) is 12.8 Å². The molecule has 160 valence electrons. The summed E-state index contributed by atoms with van der Waals surface area (Å²) in [5.41, 5.74) is 2.41. The van der Waals surface area contributed by atoms with Crippen LogP contribution in [0.1, 0.15) is 35.8 Å². The largest absolute Gasteiger partial charge is 0.314 e. The maximum Gasteiger partial charge on any atom is 0.135 e. The Morgan fingerprint density at radius 2 is 1.90 bits per heavy atom. The van der Waals surface area contributed by atoms with Crippen molar-refractivity contribution in [2.24, 2.45) is 5.92 Å². The van der Waals surface area contributed by atoms with Gasteiger partial charge in [-0.1, -0.05) is 35.0 Å². The number of likely N-dealkylation sites (tertiary alicyclic amines) is 1. The summed E-state index contributed by atoms with van der Waals surface area (Å²) in [5, 5.41) is 17.7. The van der Waals surface area contributed by atoms with Crippen LogP contribution in [-0.4, -0.2) is 53.4 Å². The Bertz CT molecular complexity index is 900. The lowest BCUT2D eigenvalue weighted by atomic mass is 9.94. The van der Waals surface area contributed by atoms with Crippen LogP contribution in [0.4, 0.5) is 0 Å². The molecule has 2 aromatic rings. The number of amidine groups is 2. The minimum atomic E-state index is 0.269. The SMILES string of the molecule is CCc1cc2c(s1)SCCN(C(=N)C1CCN(CCc3ccc(Br)cc3)CC1)C2=N. The van der Waals surface area contributed by atoms with E-state index in [0.29, 0.717) is 11.7 Å². The number of aryl methyl sites for hydroxylation is 1. The highest BCUT2D eigenvalue weighted by Crippen LogP contribution is 2.36. The molecule has 2 aliphatic heterocycles. The van der Waals surface area contributed by atoms with Gasteiger partial charge >= 0.3 is 0 Å². The monoisotopic (exact) mass is 504 g/mol. The average Bonchev–Trinajstić information content (AvgIpc) is 3.13. The Morgan fingerprint density at radius 1 is 1.17 bits per heavy atom. The lowest BCUT2D eigenvalue weighted by Gasteiger charge is -2.35. The summed E-state index contributed by atoms with van der Waals surface area (Å²) >= 11 is 7.17. The molecule has 7 heteroatoms. The molecule has 0 aliphatic carbocycles. The number of nitrogens with one attached hydrogen (secondary N) is 2. The smallest absolute Gasteiger partial charge is 0.135 e. The number of benzene rings is 1. The van der Waals surface area contributed by atoms with Gasteiger partial charge in [-0.2, -0.15) is 0 Å². The van der Waals surface area contributed by atoms with Crippen molar-refractivity contribution in [3.8, 4) is 0 Å². The molecule has 2 aliphatic rings. The molecule has 0 atom stereocenters. The summed E-state index contributed by atoms with van der Waals surface area (Å²) in [7, 11) is 0. The number of hydrogen-bond donors (Lipinski definition) is 2. The van der Waals surface area contributed by atoms with Crippen molar-refractivity contribution in [1.82, 2.24) is 9.80 Å². The lowest BCUT2D eigenvalue weighted by molar-refractivity contribution is 0.207. The first-order chi connectivity index (χ1) is 14.5. The second kappa shape index (κ2) is 9.98. The van der Waals surface area contributed by atoms with Crippen molar-refractivity contribution < 1.29 is 0 Å². The molecule has 3 heterocycles. The van der Waals surface area contributed by atoms with Crippen LogP contribution >= 0.6 is 39.0 Å². The molecule has 0 saturated carbocycles. The molecular formula is C23H29BrN4S2. The van der Waals surface area contributed by atoms with Crippen molar-refractivity contribution >= 4 is 50.7 Å². The number of thiophene rings is 1. The normalized spacial score (nSPS) is 18.3. The maximum absolute atomic E-state index is 8.88. The fourth-order valence-corrected chi connectivity index (χ4v) is 6.85. The molecule has 2 N–H and O–H groups in total. The fraction of sp³-hybridized carbons (Fsp3) is 0.478. The van der Waals surface area contributed by atoms with E-state index in [4.69, 9.17) is 10.8 Å². The van der Waals surface area contributed by atoms with Gasteiger partial charge in [0.2, 0.25) is 0 Å². The van der Waals surface area contributed by atoms with Crippen molar-refractivity contribution in [3.05, 3.63) is 50.8 Å². The van der Waals surface area contributed by atoms with E-state index < -0.39 is 0 Å². The second-order valence-corrected chi connectivity index (χ2v) is 11.4. The Hall–Kier alpha value is -1.15. The van der Waals surface area contributed by atoms with Crippen LogP contribution in [0.5, 0.6) is 0 Å². The Kier molecular flexibility index (Phi) is 7.34. The van der Waals surface area contributed by atoms with Crippen molar-refractivity contribution in [3.63, 3.8) is 0 Å². The van der Waals surface area contributed by atoms with E-state index >= 15 is 0 Å². The number of hydrogen-bond acceptors (Lipinski definition) is 5. The molecule has 0 unspecified atom stereocenters. The van der Waals surface area contributed by atoms with Crippen molar-refractivity contribution in [1.29, 1.82) is 10.8 Å². The molecule has 0 bridgehead atoms. The molecule has 1 aromatic heterocycles. The fourth-order valence-electron chi connectivity index (χ4n) is 4.19. The highest BCUT2D eigenvalue weighted by molar-refractivity contribution is 9.10. The standard InChI is InChI=1S/C23H29BrN4S2/c1-2-19-15-20-22(26)28(13-14-29-23(20)30-19)21(25)17-8-11-27(12-9-17)10-7-16-3-5-18(24)6-4-16/h3-6,15,17,25-26H,2,7-14H2,1H3. The third-order valence-electron chi connectivity index (χ3n) is 6.07. The zero-order chi connectivity index (χ0) is 21.1. The van der Waals surface area contributed by atoms with E-state index in [2.05, 4.69) is 58.1 Å². The molecule has 1 aromatic carbocycles. The summed E-state index contributed by atoms with van der Waals surface area (Å²) in [6.45, 7) is 6.11. The van der Waals surface area contributed by atoms with E-state index in [9.17, 15) is 0 Å². The molecule has 30 heavy (non-hydrogen) atoms. The molecule has 0 amide bonds. The molecule has 4 rings (SSSR count). The third kappa shape index (κ3) is 5.01. The number of rotatable bonds is 5. The van der Waals surface area contributed by atoms with Crippen LogP contribution in [0, 0.1) is 16.7 Å². The van der Waals surface area contributed by atoms with Gasteiger partial charge in [0, 0.05) is 39.7 Å². The molecule has 4 nitrogen and oxygen atoms in total. The van der Waals surface area contributed by atoms with E-state index in [-0.39, 0.29) is 5.92 Å². The molecule has 1 fully saturated rings. The van der Waals surface area contributed by atoms with Gasteiger partial charge in [0.05, 0.1) is 4.21 Å². The molecule has 0 spiro atoms. The quantitative estimate of drug-likeness (QED) is 0.403. The van der Waals surface area contributed by atoms with Crippen molar-refractivity contribution in [2.75, 3.05) is 31.9 Å². The van der Waals surface area contributed by atoms with Crippen molar-refractivity contribution in [2.45, 2.75) is 36.8 Å². The van der Waals surface area contributed by atoms with E-state index in [1.165, 1.54) is 14.6 Å². The maximum atomic E-state index is 8.88. The Balaban J connectivity index is 1.32. The molecule has 1 saturated heterocycles. The van der Waals surface area contributed by atoms with E-state index in [0.717, 1.165) is 67.7 Å². The summed E-state index contributed by atoms with van der Waals surface area (Å²) < 4.78 is 2.39. The van der Waals surface area contributed by atoms with Gasteiger partial charge in [-0.3, -0.25) is 10.8 Å².